The van der Waals surface area contributed by atoms with Crippen LogP contribution in [0.5, 0.6) is 5.88 Å². The molecule has 0 bridgehead atoms. The molecule has 2 aromatic rings. The monoisotopic (exact) mass is 303 g/mol. The largest absolute Gasteiger partial charge is 0.475 e. The van der Waals surface area contributed by atoms with Crippen LogP contribution >= 0.6 is 0 Å². The minimum Gasteiger partial charge on any atom is -0.475 e. The number of aliphatic hydroxyl groups is 2. The second-order valence-corrected chi connectivity index (χ2v) is 4.88. The maximum absolute atomic E-state index is 8.93. The van der Waals surface area contributed by atoms with Crippen LogP contribution in [-0.4, -0.2) is 41.6 Å². The van der Waals surface area contributed by atoms with Crippen molar-refractivity contribution in [3.8, 4) is 17.0 Å². The van der Waals surface area contributed by atoms with E-state index < -0.39 is 0 Å². The Bertz CT molecular complexity index is 606. The summed E-state index contributed by atoms with van der Waals surface area (Å²) in [5.74, 6) is 1.01. The fourth-order valence-electron chi connectivity index (χ4n) is 2.11. The van der Waals surface area contributed by atoms with Crippen LogP contribution in [0.3, 0.4) is 0 Å². The number of pyridine rings is 1. The number of hydrogen-bond donors (Lipinski definition) is 4. The number of nitrogens with two attached hydrogens (primary N) is 1. The zero-order valence-corrected chi connectivity index (χ0v) is 12.5. The van der Waals surface area contributed by atoms with Crippen LogP contribution in [0.2, 0.25) is 0 Å². The van der Waals surface area contributed by atoms with Crippen LogP contribution in [0.25, 0.3) is 11.1 Å². The van der Waals surface area contributed by atoms with Gasteiger partial charge in [-0.2, -0.15) is 4.98 Å². The molecule has 0 radical (unpaired) electrons. The molecule has 0 aliphatic carbocycles. The number of aryl methyl sites for hydroxylation is 1. The molecule has 6 nitrogen and oxygen atoms in total. The number of nitrogens with zero attached hydrogens (tertiary/aromatic N) is 1. The molecule has 22 heavy (non-hydrogen) atoms. The number of hydrogen-bond acceptors (Lipinski definition) is 6. The van der Waals surface area contributed by atoms with Crippen LogP contribution in [0.1, 0.15) is 5.56 Å². The Morgan fingerprint density at radius 3 is 2.73 bits per heavy atom. The van der Waals surface area contributed by atoms with E-state index in [4.69, 9.17) is 20.7 Å². The normalized spacial score (nSPS) is 10.5. The quantitative estimate of drug-likeness (QED) is 0.577. The molecule has 1 heterocycles. The summed E-state index contributed by atoms with van der Waals surface area (Å²) in [6, 6.07) is 9.40. The molecule has 1 aromatic carbocycles. The van der Waals surface area contributed by atoms with E-state index in [1.165, 1.54) is 0 Å². The summed E-state index contributed by atoms with van der Waals surface area (Å²) in [7, 11) is 0. The minimum atomic E-state index is -0.0807. The number of aliphatic hydroxyl groups excluding tert-OH is 2. The summed E-state index contributed by atoms with van der Waals surface area (Å²) in [5, 5.41) is 20.8. The van der Waals surface area contributed by atoms with E-state index in [1.54, 1.807) is 0 Å². The maximum atomic E-state index is 8.93. The summed E-state index contributed by atoms with van der Waals surface area (Å²) in [6.07, 6.45) is 0. The lowest BCUT2D eigenvalue weighted by Gasteiger charge is -2.13. The third kappa shape index (κ3) is 4.09. The Hall–Kier alpha value is -2.31. The van der Waals surface area contributed by atoms with Crippen LogP contribution in [-0.2, 0) is 0 Å². The smallest absolute Gasteiger partial charge is 0.215 e. The minimum absolute atomic E-state index is 0.00997. The first-order valence-corrected chi connectivity index (χ1v) is 7.11. The van der Waals surface area contributed by atoms with Crippen molar-refractivity contribution in [3.63, 3.8) is 0 Å². The summed E-state index contributed by atoms with van der Waals surface area (Å²) >= 11 is 0. The first-order chi connectivity index (χ1) is 10.6. The SMILES string of the molecule is Cc1ccc(N)cc1-c1cc(NCCO)nc(OCCO)c1. The maximum Gasteiger partial charge on any atom is 0.215 e. The zero-order valence-electron chi connectivity index (χ0n) is 12.5. The molecular weight excluding hydrogens is 282 g/mol. The summed E-state index contributed by atoms with van der Waals surface area (Å²) in [4.78, 5) is 4.30. The van der Waals surface area contributed by atoms with Gasteiger partial charge in [0.15, 0.2) is 0 Å². The Morgan fingerprint density at radius 1 is 1.18 bits per heavy atom. The van der Waals surface area contributed by atoms with E-state index in [9.17, 15) is 0 Å². The van der Waals surface area contributed by atoms with Crippen LogP contribution < -0.4 is 15.8 Å². The fourth-order valence-corrected chi connectivity index (χ4v) is 2.11. The number of rotatable bonds is 7. The van der Waals surface area contributed by atoms with Gasteiger partial charge in [0.25, 0.3) is 0 Å². The molecule has 2 rings (SSSR count). The molecular formula is C16H21N3O3. The van der Waals surface area contributed by atoms with Gasteiger partial charge in [-0.25, -0.2) is 0 Å². The topological polar surface area (TPSA) is 101 Å². The lowest BCUT2D eigenvalue weighted by atomic mass is 10.0. The number of nitrogen functional groups attached to an aromatic ring is 1. The Morgan fingerprint density at radius 2 is 2.00 bits per heavy atom. The molecule has 0 saturated heterocycles. The molecule has 5 N–H and O–H groups in total. The van der Waals surface area contributed by atoms with Crippen molar-refractivity contribution in [1.29, 1.82) is 0 Å². The highest BCUT2D eigenvalue weighted by atomic mass is 16.5. The van der Waals surface area contributed by atoms with E-state index in [2.05, 4.69) is 10.3 Å². The number of aromatic nitrogens is 1. The Balaban J connectivity index is 2.41. The number of anilines is 2. The second kappa shape index (κ2) is 7.63. The highest BCUT2D eigenvalue weighted by Gasteiger charge is 2.08. The molecule has 0 amide bonds. The molecule has 0 aliphatic rings. The van der Waals surface area contributed by atoms with Gasteiger partial charge in [-0.1, -0.05) is 6.07 Å². The van der Waals surface area contributed by atoms with Gasteiger partial charge in [-0.05, 0) is 41.8 Å². The van der Waals surface area contributed by atoms with E-state index in [-0.39, 0.29) is 19.8 Å². The van der Waals surface area contributed by atoms with Crippen molar-refractivity contribution in [3.05, 3.63) is 35.9 Å². The van der Waals surface area contributed by atoms with E-state index >= 15 is 0 Å². The third-order valence-corrected chi connectivity index (χ3v) is 3.13. The second-order valence-electron chi connectivity index (χ2n) is 4.88. The fraction of sp³-hybridized carbons (Fsp3) is 0.312. The van der Waals surface area contributed by atoms with Crippen molar-refractivity contribution in [2.45, 2.75) is 6.92 Å². The lowest BCUT2D eigenvalue weighted by Crippen LogP contribution is -2.09. The van der Waals surface area contributed by atoms with Crippen LogP contribution in [0, 0.1) is 6.92 Å². The van der Waals surface area contributed by atoms with Crippen molar-refractivity contribution in [1.82, 2.24) is 4.98 Å². The average molecular weight is 303 g/mol. The third-order valence-electron chi connectivity index (χ3n) is 3.13. The average Bonchev–Trinajstić information content (AvgIpc) is 2.53. The molecule has 0 fully saturated rings. The van der Waals surface area contributed by atoms with Gasteiger partial charge in [0.05, 0.1) is 13.2 Å². The van der Waals surface area contributed by atoms with Crippen molar-refractivity contribution >= 4 is 11.5 Å². The predicted molar refractivity (Wildman–Crippen MR) is 87.0 cm³/mol. The molecule has 0 unspecified atom stereocenters. The van der Waals surface area contributed by atoms with Gasteiger partial charge >= 0.3 is 0 Å². The van der Waals surface area contributed by atoms with Gasteiger partial charge in [0, 0.05) is 18.3 Å². The van der Waals surface area contributed by atoms with E-state index in [0.29, 0.717) is 23.9 Å². The van der Waals surface area contributed by atoms with E-state index in [1.807, 2.05) is 37.3 Å². The molecule has 6 heteroatoms. The molecule has 0 spiro atoms. The van der Waals surface area contributed by atoms with Gasteiger partial charge in [0.2, 0.25) is 5.88 Å². The van der Waals surface area contributed by atoms with E-state index in [0.717, 1.165) is 16.7 Å². The summed E-state index contributed by atoms with van der Waals surface area (Å²) < 4.78 is 5.41. The predicted octanol–water partition coefficient (Wildman–Crippen LogP) is 1.41. The number of nitrogens with one attached hydrogen (secondary N) is 1. The van der Waals surface area contributed by atoms with Gasteiger partial charge < -0.3 is 26.0 Å². The van der Waals surface area contributed by atoms with Crippen LogP contribution in [0.15, 0.2) is 30.3 Å². The standard InChI is InChI=1S/C16H21N3O3/c1-11-2-3-13(17)10-14(11)12-8-15(18-4-5-20)19-16(9-12)22-7-6-21/h2-3,8-10,20-21H,4-7,17H2,1H3,(H,18,19). The summed E-state index contributed by atoms with van der Waals surface area (Å²) in [6.45, 7) is 2.50. The lowest BCUT2D eigenvalue weighted by molar-refractivity contribution is 0.197. The molecule has 0 atom stereocenters. The number of ether oxygens (including phenoxy) is 1. The van der Waals surface area contributed by atoms with Crippen molar-refractivity contribution in [2.75, 3.05) is 37.4 Å². The van der Waals surface area contributed by atoms with Gasteiger partial charge in [-0.3, -0.25) is 0 Å². The molecule has 0 aliphatic heterocycles. The Labute approximate surface area is 129 Å². The Kier molecular flexibility index (Phi) is 5.57. The van der Waals surface area contributed by atoms with Crippen molar-refractivity contribution < 1.29 is 14.9 Å². The molecule has 118 valence electrons. The molecule has 1 aromatic heterocycles. The van der Waals surface area contributed by atoms with Gasteiger partial charge in [-0.15, -0.1) is 0 Å². The highest BCUT2D eigenvalue weighted by Crippen LogP contribution is 2.30. The first-order valence-electron chi connectivity index (χ1n) is 7.11. The van der Waals surface area contributed by atoms with Crippen LogP contribution in [0.4, 0.5) is 11.5 Å². The highest BCUT2D eigenvalue weighted by molar-refractivity contribution is 5.73. The summed E-state index contributed by atoms with van der Waals surface area (Å²) in [5.41, 5.74) is 9.54. The first kappa shape index (κ1) is 16.1. The molecule has 0 saturated carbocycles. The number of benzene rings is 1. The van der Waals surface area contributed by atoms with Crippen molar-refractivity contribution in [2.24, 2.45) is 0 Å². The zero-order chi connectivity index (χ0) is 15.9. The van der Waals surface area contributed by atoms with Gasteiger partial charge in [0.1, 0.15) is 12.4 Å².